The predicted octanol–water partition coefficient (Wildman–Crippen LogP) is 5.13. The van der Waals surface area contributed by atoms with Crippen molar-refractivity contribution in [3.63, 3.8) is 0 Å². The van der Waals surface area contributed by atoms with Crippen molar-refractivity contribution in [3.05, 3.63) is 112 Å². The molecule has 4 aromatic rings. The summed E-state index contributed by atoms with van der Waals surface area (Å²) in [6.45, 7) is 0. The van der Waals surface area contributed by atoms with E-state index in [1.165, 1.54) is 12.5 Å². The van der Waals surface area contributed by atoms with Crippen molar-refractivity contribution >= 4 is 29.3 Å². The highest BCUT2D eigenvalue weighted by Gasteiger charge is 2.26. The van der Waals surface area contributed by atoms with Gasteiger partial charge >= 0.3 is 5.97 Å². The number of aromatic nitrogens is 1. The van der Waals surface area contributed by atoms with Crippen LogP contribution in [-0.4, -0.2) is 27.8 Å². The molecule has 1 heterocycles. The number of halogens is 1. The SMILES string of the molecule is NC(=O)c1c(CCc2ccc(Cl)cc2)ccc(CCC(=O)O)c1C(=O)c1ccccc1-c1ncco1. The summed E-state index contributed by atoms with van der Waals surface area (Å²) in [4.78, 5) is 42.2. The minimum atomic E-state index is -1.01. The van der Waals surface area contributed by atoms with Gasteiger partial charge in [0.2, 0.25) is 11.8 Å². The van der Waals surface area contributed by atoms with E-state index in [0.29, 0.717) is 34.6 Å². The second-order valence-corrected chi connectivity index (χ2v) is 8.67. The van der Waals surface area contributed by atoms with Crippen LogP contribution in [0.2, 0.25) is 5.02 Å². The second-order valence-electron chi connectivity index (χ2n) is 8.23. The maximum atomic E-state index is 14.0. The number of primary amides is 1. The van der Waals surface area contributed by atoms with E-state index in [-0.39, 0.29) is 35.4 Å². The zero-order chi connectivity index (χ0) is 25.7. The molecule has 0 unspecified atom stereocenters. The first kappa shape index (κ1) is 24.9. The molecule has 0 aliphatic rings. The van der Waals surface area contributed by atoms with Crippen LogP contribution in [0.25, 0.3) is 11.5 Å². The van der Waals surface area contributed by atoms with Gasteiger partial charge in [-0.15, -0.1) is 0 Å². The quantitative estimate of drug-likeness (QED) is 0.290. The highest BCUT2D eigenvalue weighted by molar-refractivity contribution is 6.30. The van der Waals surface area contributed by atoms with Gasteiger partial charge < -0.3 is 15.3 Å². The Morgan fingerprint density at radius 3 is 2.22 bits per heavy atom. The zero-order valence-electron chi connectivity index (χ0n) is 19.2. The first-order valence-electron chi connectivity index (χ1n) is 11.3. The zero-order valence-corrected chi connectivity index (χ0v) is 20.0. The van der Waals surface area contributed by atoms with Crippen molar-refractivity contribution in [2.45, 2.75) is 25.7 Å². The molecule has 0 aliphatic carbocycles. The number of carbonyl (C=O) groups is 3. The number of ketones is 1. The third-order valence-corrected chi connectivity index (χ3v) is 6.14. The fourth-order valence-corrected chi connectivity index (χ4v) is 4.30. The van der Waals surface area contributed by atoms with Crippen molar-refractivity contribution in [2.24, 2.45) is 5.73 Å². The van der Waals surface area contributed by atoms with Gasteiger partial charge in [-0.25, -0.2) is 4.98 Å². The molecule has 4 rings (SSSR count). The summed E-state index contributed by atoms with van der Waals surface area (Å²) in [5.41, 5.74) is 8.81. The van der Waals surface area contributed by atoms with Gasteiger partial charge in [0.15, 0.2) is 5.78 Å². The van der Waals surface area contributed by atoms with Crippen LogP contribution in [0.4, 0.5) is 0 Å². The topological polar surface area (TPSA) is 123 Å². The Morgan fingerprint density at radius 2 is 1.58 bits per heavy atom. The number of carboxylic acids is 1. The van der Waals surface area contributed by atoms with E-state index in [4.69, 9.17) is 21.8 Å². The first-order chi connectivity index (χ1) is 17.3. The fourth-order valence-electron chi connectivity index (χ4n) is 4.18. The van der Waals surface area contributed by atoms with Crippen LogP contribution in [-0.2, 0) is 24.1 Å². The molecule has 0 spiro atoms. The number of hydrogen-bond acceptors (Lipinski definition) is 5. The number of amides is 1. The van der Waals surface area contributed by atoms with Gasteiger partial charge in [0.05, 0.1) is 11.8 Å². The molecule has 3 N–H and O–H groups in total. The second kappa shape index (κ2) is 11.0. The van der Waals surface area contributed by atoms with E-state index in [1.807, 2.05) is 12.1 Å². The first-order valence-corrected chi connectivity index (χ1v) is 11.7. The average Bonchev–Trinajstić information content (AvgIpc) is 3.41. The molecule has 7 nitrogen and oxygen atoms in total. The van der Waals surface area contributed by atoms with Crippen molar-refractivity contribution in [3.8, 4) is 11.5 Å². The Morgan fingerprint density at radius 1 is 0.889 bits per heavy atom. The molecule has 0 bridgehead atoms. The fraction of sp³-hybridized carbons (Fsp3) is 0.143. The Bertz CT molecular complexity index is 1410. The van der Waals surface area contributed by atoms with Crippen molar-refractivity contribution in [1.82, 2.24) is 4.98 Å². The van der Waals surface area contributed by atoms with Gasteiger partial charge in [0, 0.05) is 28.1 Å². The van der Waals surface area contributed by atoms with Crippen LogP contribution in [0.5, 0.6) is 0 Å². The van der Waals surface area contributed by atoms with Crippen molar-refractivity contribution in [1.29, 1.82) is 0 Å². The number of carbonyl (C=O) groups excluding carboxylic acids is 2. The third kappa shape index (κ3) is 5.53. The van der Waals surface area contributed by atoms with Crippen LogP contribution in [0.1, 0.15) is 49.4 Å². The number of rotatable bonds is 10. The largest absolute Gasteiger partial charge is 0.481 e. The maximum Gasteiger partial charge on any atom is 0.303 e. The number of carboxylic acid groups (broad SMARTS) is 1. The minimum absolute atomic E-state index is 0.0648. The van der Waals surface area contributed by atoms with Crippen molar-refractivity contribution < 1.29 is 23.9 Å². The molecule has 3 aromatic carbocycles. The molecule has 36 heavy (non-hydrogen) atoms. The van der Waals surface area contributed by atoms with Gasteiger partial charge in [0.25, 0.3) is 0 Å². The maximum absolute atomic E-state index is 14.0. The predicted molar refractivity (Wildman–Crippen MR) is 135 cm³/mol. The lowest BCUT2D eigenvalue weighted by atomic mass is 9.85. The van der Waals surface area contributed by atoms with Crippen molar-refractivity contribution in [2.75, 3.05) is 0 Å². The summed E-state index contributed by atoms with van der Waals surface area (Å²) in [5, 5.41) is 9.87. The van der Waals surface area contributed by atoms with Crippen LogP contribution >= 0.6 is 11.6 Å². The highest BCUT2D eigenvalue weighted by Crippen LogP contribution is 2.30. The van der Waals surface area contributed by atoms with Gasteiger partial charge in [-0.05, 0) is 54.2 Å². The average molecular weight is 503 g/mol. The molecule has 1 amide bonds. The Balaban J connectivity index is 1.82. The molecule has 182 valence electrons. The monoisotopic (exact) mass is 502 g/mol. The number of benzene rings is 3. The van der Waals surface area contributed by atoms with Crippen LogP contribution in [0.15, 0.2) is 77.5 Å². The molecule has 0 radical (unpaired) electrons. The lowest BCUT2D eigenvalue weighted by Gasteiger charge is -2.17. The smallest absolute Gasteiger partial charge is 0.303 e. The van der Waals surface area contributed by atoms with E-state index >= 15 is 0 Å². The summed E-state index contributed by atoms with van der Waals surface area (Å²) >= 11 is 5.98. The van der Waals surface area contributed by atoms with Crippen LogP contribution in [0, 0.1) is 0 Å². The molecule has 0 fully saturated rings. The van der Waals surface area contributed by atoms with Crippen LogP contribution in [0.3, 0.4) is 0 Å². The van der Waals surface area contributed by atoms with E-state index in [0.717, 1.165) is 5.56 Å². The molecule has 0 saturated carbocycles. The standard InChI is InChI=1S/C28H23ClN2O5/c29-20-12-6-17(7-13-20)5-8-19-10-9-18(11-14-23(32)33)24(25(19)27(30)35)26(34)21-3-1-2-4-22(21)28-31-15-16-36-28/h1-4,6-7,9-10,12-13,15-16H,5,8,11,14H2,(H2,30,35)(H,32,33). The van der Waals surface area contributed by atoms with Gasteiger partial charge in [-0.3, -0.25) is 14.4 Å². The van der Waals surface area contributed by atoms with Gasteiger partial charge in [-0.1, -0.05) is 54.1 Å². The summed E-state index contributed by atoms with van der Waals surface area (Å²) < 4.78 is 5.41. The summed E-state index contributed by atoms with van der Waals surface area (Å²) in [7, 11) is 0. The number of nitrogens with two attached hydrogens (primary N) is 1. The lowest BCUT2D eigenvalue weighted by molar-refractivity contribution is -0.136. The van der Waals surface area contributed by atoms with Gasteiger partial charge in [-0.2, -0.15) is 0 Å². The Kier molecular flexibility index (Phi) is 7.61. The van der Waals surface area contributed by atoms with Gasteiger partial charge in [0.1, 0.15) is 6.26 Å². The molecular formula is C28H23ClN2O5. The van der Waals surface area contributed by atoms with E-state index in [9.17, 15) is 19.5 Å². The number of hydrogen-bond donors (Lipinski definition) is 2. The normalized spacial score (nSPS) is 10.8. The summed E-state index contributed by atoms with van der Waals surface area (Å²) in [6.07, 6.45) is 3.77. The minimum Gasteiger partial charge on any atom is -0.481 e. The molecule has 8 heteroatoms. The summed E-state index contributed by atoms with van der Waals surface area (Å²) in [6, 6.07) is 17.6. The number of nitrogens with zero attached hydrogens (tertiary/aromatic N) is 1. The third-order valence-electron chi connectivity index (χ3n) is 5.89. The molecule has 0 saturated heterocycles. The molecule has 1 aromatic heterocycles. The Hall–Kier alpha value is -4.23. The number of aryl methyl sites for hydroxylation is 3. The van der Waals surface area contributed by atoms with E-state index < -0.39 is 17.7 Å². The van der Waals surface area contributed by atoms with Crippen LogP contribution < -0.4 is 5.73 Å². The lowest BCUT2D eigenvalue weighted by Crippen LogP contribution is -2.22. The van der Waals surface area contributed by atoms with E-state index in [2.05, 4.69) is 4.98 Å². The van der Waals surface area contributed by atoms with E-state index in [1.54, 1.807) is 48.5 Å². The highest BCUT2D eigenvalue weighted by atomic mass is 35.5. The Labute approximate surface area is 212 Å². The summed E-state index contributed by atoms with van der Waals surface area (Å²) in [5.74, 6) is -1.96. The number of aliphatic carboxylic acids is 1. The molecular weight excluding hydrogens is 480 g/mol. The molecule has 0 aliphatic heterocycles. The number of oxazole rings is 1. The molecule has 0 atom stereocenters.